The van der Waals surface area contributed by atoms with Crippen molar-refractivity contribution in [2.24, 2.45) is 0 Å². The van der Waals surface area contributed by atoms with E-state index < -0.39 is 0 Å². The average Bonchev–Trinajstić information content (AvgIpc) is 2.83. The summed E-state index contributed by atoms with van der Waals surface area (Å²) in [5.41, 5.74) is 0. The molecule has 0 spiro atoms. The number of furan rings is 1. The fraction of sp³-hybridized carbons (Fsp3) is 0.273. The van der Waals surface area contributed by atoms with Gasteiger partial charge in [0.1, 0.15) is 10.8 Å². The molecular formula is C11H12BrN3OS. The standard InChI is InChI=1S/C11H12BrN3OS/c1-2-13-11-14-6-9(12)10(15-11)17-7-8-4-3-5-16-8/h3-6H,2,7H2,1H3,(H,13,14,15). The third-order valence-electron chi connectivity index (χ3n) is 1.98. The van der Waals surface area contributed by atoms with Crippen molar-refractivity contribution in [3.05, 3.63) is 34.8 Å². The van der Waals surface area contributed by atoms with Gasteiger partial charge in [0, 0.05) is 12.7 Å². The normalized spacial score (nSPS) is 10.5. The zero-order valence-electron chi connectivity index (χ0n) is 9.31. The molecule has 90 valence electrons. The zero-order chi connectivity index (χ0) is 12.1. The Kier molecular flexibility index (Phi) is 4.44. The van der Waals surface area contributed by atoms with E-state index in [2.05, 4.69) is 31.2 Å². The number of thioether (sulfide) groups is 1. The number of nitrogens with zero attached hydrogens (tertiary/aromatic N) is 2. The zero-order valence-corrected chi connectivity index (χ0v) is 11.7. The van der Waals surface area contributed by atoms with Crippen LogP contribution in [0.25, 0.3) is 0 Å². The highest BCUT2D eigenvalue weighted by molar-refractivity contribution is 9.10. The van der Waals surface area contributed by atoms with E-state index in [-0.39, 0.29) is 0 Å². The van der Waals surface area contributed by atoms with Gasteiger partial charge in [0.15, 0.2) is 0 Å². The van der Waals surface area contributed by atoms with Crippen molar-refractivity contribution in [1.82, 2.24) is 9.97 Å². The SMILES string of the molecule is CCNc1ncc(Br)c(SCc2ccco2)n1. The maximum absolute atomic E-state index is 5.28. The molecule has 0 atom stereocenters. The fourth-order valence-electron chi connectivity index (χ4n) is 1.23. The third kappa shape index (κ3) is 3.47. The molecule has 2 rings (SSSR count). The molecule has 2 aromatic rings. The molecule has 0 saturated carbocycles. The molecule has 6 heteroatoms. The van der Waals surface area contributed by atoms with Crippen molar-refractivity contribution in [2.75, 3.05) is 11.9 Å². The maximum Gasteiger partial charge on any atom is 0.223 e. The van der Waals surface area contributed by atoms with Crippen molar-refractivity contribution in [1.29, 1.82) is 0 Å². The lowest BCUT2D eigenvalue weighted by molar-refractivity contribution is 0.530. The highest BCUT2D eigenvalue weighted by Crippen LogP contribution is 2.28. The molecule has 17 heavy (non-hydrogen) atoms. The number of hydrogen-bond acceptors (Lipinski definition) is 5. The Bertz CT molecular complexity index is 476. The second kappa shape index (κ2) is 6.07. The molecule has 2 heterocycles. The molecule has 0 unspecified atom stereocenters. The molecule has 0 radical (unpaired) electrons. The first-order chi connectivity index (χ1) is 8.29. The Hall–Kier alpha value is -1.01. The van der Waals surface area contributed by atoms with E-state index in [0.29, 0.717) is 5.95 Å². The van der Waals surface area contributed by atoms with E-state index >= 15 is 0 Å². The van der Waals surface area contributed by atoms with Crippen LogP contribution in [0.1, 0.15) is 12.7 Å². The monoisotopic (exact) mass is 313 g/mol. The lowest BCUT2D eigenvalue weighted by Crippen LogP contribution is -2.02. The predicted octanol–water partition coefficient (Wildman–Crippen LogP) is 3.56. The van der Waals surface area contributed by atoms with Crippen LogP contribution in [0.4, 0.5) is 5.95 Å². The van der Waals surface area contributed by atoms with Crippen LogP contribution in [0.2, 0.25) is 0 Å². The minimum Gasteiger partial charge on any atom is -0.468 e. The Morgan fingerprint density at radius 1 is 1.53 bits per heavy atom. The summed E-state index contributed by atoms with van der Waals surface area (Å²) >= 11 is 5.05. The highest BCUT2D eigenvalue weighted by atomic mass is 79.9. The van der Waals surface area contributed by atoms with E-state index in [1.807, 2.05) is 19.1 Å². The Morgan fingerprint density at radius 3 is 3.12 bits per heavy atom. The Morgan fingerprint density at radius 2 is 2.41 bits per heavy atom. The molecule has 0 bridgehead atoms. The molecule has 0 aliphatic carbocycles. The van der Waals surface area contributed by atoms with Gasteiger partial charge in [-0.1, -0.05) is 11.8 Å². The average molecular weight is 314 g/mol. The van der Waals surface area contributed by atoms with Crippen molar-refractivity contribution in [3.63, 3.8) is 0 Å². The number of hydrogen-bond donors (Lipinski definition) is 1. The number of halogens is 1. The summed E-state index contributed by atoms with van der Waals surface area (Å²) in [6.45, 7) is 2.82. The van der Waals surface area contributed by atoms with Crippen LogP contribution in [0.3, 0.4) is 0 Å². The van der Waals surface area contributed by atoms with Gasteiger partial charge < -0.3 is 9.73 Å². The summed E-state index contributed by atoms with van der Waals surface area (Å²) < 4.78 is 6.18. The van der Waals surface area contributed by atoms with Gasteiger partial charge in [-0.05, 0) is 35.0 Å². The van der Waals surface area contributed by atoms with E-state index in [0.717, 1.165) is 27.6 Å². The smallest absolute Gasteiger partial charge is 0.223 e. The van der Waals surface area contributed by atoms with E-state index in [4.69, 9.17) is 4.42 Å². The van der Waals surface area contributed by atoms with Crippen LogP contribution in [0, 0.1) is 0 Å². The van der Waals surface area contributed by atoms with Gasteiger partial charge in [-0.25, -0.2) is 9.97 Å². The molecule has 1 N–H and O–H groups in total. The first-order valence-electron chi connectivity index (χ1n) is 5.21. The number of anilines is 1. The fourth-order valence-corrected chi connectivity index (χ4v) is 2.55. The highest BCUT2D eigenvalue weighted by Gasteiger charge is 2.06. The Labute approximate surface area is 112 Å². The quantitative estimate of drug-likeness (QED) is 0.675. The molecule has 0 aromatic carbocycles. The molecule has 0 saturated heterocycles. The van der Waals surface area contributed by atoms with Crippen LogP contribution in [-0.4, -0.2) is 16.5 Å². The van der Waals surface area contributed by atoms with Crippen LogP contribution in [0.15, 0.2) is 38.5 Å². The summed E-state index contributed by atoms with van der Waals surface area (Å²) in [4.78, 5) is 8.58. The molecule has 0 aliphatic rings. The van der Waals surface area contributed by atoms with Gasteiger partial charge in [-0.2, -0.15) is 0 Å². The minimum absolute atomic E-state index is 0.651. The largest absolute Gasteiger partial charge is 0.468 e. The molecular weight excluding hydrogens is 302 g/mol. The number of nitrogens with one attached hydrogen (secondary N) is 1. The summed E-state index contributed by atoms with van der Waals surface area (Å²) in [6, 6.07) is 3.84. The molecule has 0 aliphatic heterocycles. The molecule has 0 fully saturated rings. The Balaban J connectivity index is 2.06. The second-order valence-corrected chi connectivity index (χ2v) is 5.06. The molecule has 2 aromatic heterocycles. The third-order valence-corrected chi connectivity index (χ3v) is 3.83. The first kappa shape index (κ1) is 12.4. The van der Waals surface area contributed by atoms with Gasteiger partial charge in [-0.3, -0.25) is 0 Å². The van der Waals surface area contributed by atoms with Gasteiger partial charge in [-0.15, -0.1) is 0 Å². The van der Waals surface area contributed by atoms with Gasteiger partial charge in [0.05, 0.1) is 16.5 Å². The van der Waals surface area contributed by atoms with Crippen LogP contribution in [0.5, 0.6) is 0 Å². The lowest BCUT2D eigenvalue weighted by atomic mass is 10.5. The summed E-state index contributed by atoms with van der Waals surface area (Å²) in [6.07, 6.45) is 3.43. The van der Waals surface area contributed by atoms with Gasteiger partial charge >= 0.3 is 0 Å². The van der Waals surface area contributed by atoms with Gasteiger partial charge in [0.25, 0.3) is 0 Å². The lowest BCUT2D eigenvalue weighted by Gasteiger charge is -2.05. The van der Waals surface area contributed by atoms with Crippen molar-refractivity contribution >= 4 is 33.6 Å². The number of aromatic nitrogens is 2. The van der Waals surface area contributed by atoms with E-state index in [9.17, 15) is 0 Å². The molecule has 0 amide bonds. The van der Waals surface area contributed by atoms with Crippen LogP contribution < -0.4 is 5.32 Å². The maximum atomic E-state index is 5.28. The summed E-state index contributed by atoms with van der Waals surface area (Å²) in [5, 5.41) is 4.00. The van der Waals surface area contributed by atoms with Crippen molar-refractivity contribution in [2.45, 2.75) is 17.7 Å². The van der Waals surface area contributed by atoms with Gasteiger partial charge in [0.2, 0.25) is 5.95 Å². The minimum atomic E-state index is 0.651. The molecule has 4 nitrogen and oxygen atoms in total. The van der Waals surface area contributed by atoms with E-state index in [1.165, 1.54) is 0 Å². The van der Waals surface area contributed by atoms with Crippen molar-refractivity contribution < 1.29 is 4.42 Å². The summed E-state index contributed by atoms with van der Waals surface area (Å²) in [5.74, 6) is 2.34. The predicted molar refractivity (Wildman–Crippen MR) is 72.2 cm³/mol. The van der Waals surface area contributed by atoms with Crippen LogP contribution in [-0.2, 0) is 5.75 Å². The van der Waals surface area contributed by atoms with E-state index in [1.54, 1.807) is 24.2 Å². The summed E-state index contributed by atoms with van der Waals surface area (Å²) in [7, 11) is 0. The second-order valence-electron chi connectivity index (χ2n) is 3.25. The topological polar surface area (TPSA) is 51.0 Å². The first-order valence-corrected chi connectivity index (χ1v) is 6.99. The number of rotatable bonds is 5. The van der Waals surface area contributed by atoms with Crippen molar-refractivity contribution in [3.8, 4) is 0 Å². The van der Waals surface area contributed by atoms with Crippen LogP contribution >= 0.6 is 27.7 Å².